The maximum Gasteiger partial charge on any atom is 0.321 e. The average molecular weight is 270 g/mol. The molecule has 6 nitrogen and oxygen atoms in total. The van der Waals surface area contributed by atoms with E-state index in [1.165, 1.54) is 11.8 Å². The highest BCUT2D eigenvalue weighted by Gasteiger charge is 2.21. The standard InChI is InChI=1S/C11H14N2O4S/c12-9(11(14)15)7-18-10(6-13(16)17)8-4-2-1-3-5-8/h1-5,9-10H,6-7,12H2,(H,14,15)/t9-,10?/m0/s1. The number of hydrogen-bond donors (Lipinski definition) is 2. The van der Waals surface area contributed by atoms with Crippen LogP contribution in [-0.2, 0) is 4.79 Å². The third-order valence-electron chi connectivity index (χ3n) is 2.28. The molecule has 0 amide bonds. The number of thioether (sulfide) groups is 1. The number of nitrogens with two attached hydrogens (primary N) is 1. The zero-order valence-corrected chi connectivity index (χ0v) is 10.4. The van der Waals surface area contributed by atoms with Crippen molar-refractivity contribution in [2.45, 2.75) is 11.3 Å². The lowest BCUT2D eigenvalue weighted by molar-refractivity contribution is -0.479. The molecule has 1 aromatic rings. The number of hydrogen-bond acceptors (Lipinski definition) is 5. The molecule has 0 heterocycles. The Hall–Kier alpha value is -1.60. The first-order chi connectivity index (χ1) is 8.50. The summed E-state index contributed by atoms with van der Waals surface area (Å²) in [5.74, 6) is -0.960. The quantitative estimate of drug-likeness (QED) is 0.568. The van der Waals surface area contributed by atoms with Gasteiger partial charge in [-0.2, -0.15) is 0 Å². The Labute approximate surface area is 108 Å². The molecule has 0 radical (unpaired) electrons. The van der Waals surface area contributed by atoms with Crippen LogP contribution in [0.3, 0.4) is 0 Å². The summed E-state index contributed by atoms with van der Waals surface area (Å²) in [4.78, 5) is 20.8. The molecule has 98 valence electrons. The summed E-state index contributed by atoms with van der Waals surface area (Å²) in [5, 5.41) is 18.9. The number of aliphatic carboxylic acids is 1. The van der Waals surface area contributed by atoms with Gasteiger partial charge in [-0.1, -0.05) is 30.3 Å². The molecule has 1 aromatic carbocycles. The summed E-state index contributed by atoms with van der Waals surface area (Å²) in [5.41, 5.74) is 6.19. The van der Waals surface area contributed by atoms with E-state index in [1.807, 2.05) is 6.07 Å². The van der Waals surface area contributed by atoms with Crippen LogP contribution in [0, 0.1) is 10.1 Å². The molecule has 0 spiro atoms. The topological polar surface area (TPSA) is 106 Å². The van der Waals surface area contributed by atoms with E-state index in [0.29, 0.717) is 0 Å². The second-order valence-corrected chi connectivity index (χ2v) is 4.93. The molecule has 18 heavy (non-hydrogen) atoms. The highest BCUT2D eigenvalue weighted by molar-refractivity contribution is 7.99. The summed E-state index contributed by atoms with van der Waals surface area (Å²) in [6.07, 6.45) is 0. The van der Waals surface area contributed by atoms with E-state index in [4.69, 9.17) is 10.8 Å². The summed E-state index contributed by atoms with van der Waals surface area (Å²) < 4.78 is 0. The number of rotatable bonds is 7. The van der Waals surface area contributed by atoms with Gasteiger partial charge in [-0.3, -0.25) is 14.9 Å². The van der Waals surface area contributed by atoms with Gasteiger partial charge in [0.05, 0.1) is 5.25 Å². The van der Waals surface area contributed by atoms with Gasteiger partial charge < -0.3 is 10.8 Å². The second kappa shape index (κ2) is 6.97. The molecule has 2 atom stereocenters. The third kappa shape index (κ3) is 4.72. The highest BCUT2D eigenvalue weighted by atomic mass is 32.2. The minimum atomic E-state index is -1.10. The van der Waals surface area contributed by atoms with Crippen molar-refractivity contribution in [2.75, 3.05) is 12.3 Å². The number of benzene rings is 1. The van der Waals surface area contributed by atoms with Crippen LogP contribution in [-0.4, -0.2) is 34.3 Å². The first kappa shape index (κ1) is 14.5. The van der Waals surface area contributed by atoms with Crippen molar-refractivity contribution >= 4 is 17.7 Å². The van der Waals surface area contributed by atoms with E-state index in [0.717, 1.165) is 5.56 Å². The van der Waals surface area contributed by atoms with Crippen molar-refractivity contribution in [3.63, 3.8) is 0 Å². The van der Waals surface area contributed by atoms with Gasteiger partial charge in [-0.05, 0) is 5.56 Å². The molecule has 1 unspecified atom stereocenters. The van der Waals surface area contributed by atoms with Crippen molar-refractivity contribution in [3.05, 3.63) is 46.0 Å². The van der Waals surface area contributed by atoms with Crippen molar-refractivity contribution in [1.82, 2.24) is 0 Å². The molecule has 0 aliphatic carbocycles. The zero-order valence-electron chi connectivity index (χ0n) is 9.56. The Morgan fingerprint density at radius 3 is 2.56 bits per heavy atom. The Morgan fingerprint density at radius 1 is 1.44 bits per heavy atom. The molecule has 0 aliphatic heterocycles. The average Bonchev–Trinajstić information content (AvgIpc) is 2.34. The lowest BCUT2D eigenvalue weighted by atomic mass is 10.1. The number of nitro groups is 1. The molecule has 7 heteroatoms. The van der Waals surface area contributed by atoms with Gasteiger partial charge in [-0.25, -0.2) is 0 Å². The van der Waals surface area contributed by atoms with Gasteiger partial charge in [0, 0.05) is 10.7 Å². The van der Waals surface area contributed by atoms with Crippen LogP contribution < -0.4 is 5.73 Å². The van der Waals surface area contributed by atoms with Gasteiger partial charge in [0.2, 0.25) is 6.54 Å². The Balaban J connectivity index is 2.68. The number of carbonyl (C=O) groups is 1. The fourth-order valence-corrected chi connectivity index (χ4v) is 2.51. The first-order valence-electron chi connectivity index (χ1n) is 5.27. The van der Waals surface area contributed by atoms with Crippen LogP contribution >= 0.6 is 11.8 Å². The summed E-state index contributed by atoms with van der Waals surface area (Å²) in [7, 11) is 0. The van der Waals surface area contributed by atoms with Gasteiger partial charge in [0.15, 0.2) is 0 Å². The number of carboxylic acid groups (broad SMARTS) is 1. The normalized spacial score (nSPS) is 13.8. The minimum absolute atomic E-state index is 0.142. The van der Waals surface area contributed by atoms with Crippen LogP contribution in [0.25, 0.3) is 0 Å². The monoisotopic (exact) mass is 270 g/mol. The van der Waals surface area contributed by atoms with Gasteiger partial charge in [0.1, 0.15) is 6.04 Å². The summed E-state index contributed by atoms with van der Waals surface area (Å²) in [6, 6.07) is 7.97. The highest BCUT2D eigenvalue weighted by Crippen LogP contribution is 2.29. The van der Waals surface area contributed by atoms with Crippen molar-refractivity contribution in [1.29, 1.82) is 0 Å². The smallest absolute Gasteiger partial charge is 0.321 e. The molecule has 0 saturated heterocycles. The molecular weight excluding hydrogens is 256 g/mol. The molecule has 0 bridgehead atoms. The van der Waals surface area contributed by atoms with Crippen molar-refractivity contribution < 1.29 is 14.8 Å². The molecular formula is C11H14N2O4S. The van der Waals surface area contributed by atoms with E-state index < -0.39 is 16.9 Å². The predicted octanol–water partition coefficient (Wildman–Crippen LogP) is 1.15. The minimum Gasteiger partial charge on any atom is -0.480 e. The molecule has 1 rings (SSSR count). The number of nitrogens with zero attached hydrogens (tertiary/aromatic N) is 1. The lowest BCUT2D eigenvalue weighted by Gasteiger charge is -2.14. The molecule has 3 N–H and O–H groups in total. The SMILES string of the molecule is N[C@@H](CSC(C[N+](=O)[O-])c1ccccc1)C(=O)O. The van der Waals surface area contributed by atoms with Crippen LogP contribution in [0.5, 0.6) is 0 Å². The third-order valence-corrected chi connectivity index (χ3v) is 3.66. The van der Waals surface area contributed by atoms with E-state index in [1.54, 1.807) is 24.3 Å². The van der Waals surface area contributed by atoms with E-state index in [-0.39, 0.29) is 17.5 Å². The number of carboxylic acids is 1. The van der Waals surface area contributed by atoms with Crippen LogP contribution in [0.2, 0.25) is 0 Å². The fraction of sp³-hybridized carbons (Fsp3) is 0.364. The Bertz CT molecular complexity index is 413. The van der Waals surface area contributed by atoms with E-state index >= 15 is 0 Å². The molecule has 0 fully saturated rings. The maximum absolute atomic E-state index is 10.6. The summed E-state index contributed by atoms with van der Waals surface area (Å²) >= 11 is 1.19. The summed E-state index contributed by atoms with van der Waals surface area (Å²) in [6.45, 7) is -0.249. The predicted molar refractivity (Wildman–Crippen MR) is 69.1 cm³/mol. The van der Waals surface area contributed by atoms with Crippen molar-refractivity contribution in [3.8, 4) is 0 Å². The molecule has 0 aliphatic rings. The van der Waals surface area contributed by atoms with Crippen molar-refractivity contribution in [2.24, 2.45) is 5.73 Å². The van der Waals surface area contributed by atoms with Crippen LogP contribution in [0.15, 0.2) is 30.3 Å². The Kier molecular flexibility index (Phi) is 5.60. The van der Waals surface area contributed by atoms with E-state index in [2.05, 4.69) is 0 Å². The maximum atomic E-state index is 10.6. The lowest BCUT2D eigenvalue weighted by Crippen LogP contribution is -2.33. The van der Waals surface area contributed by atoms with Gasteiger partial charge in [0.25, 0.3) is 0 Å². The molecule has 0 saturated carbocycles. The van der Waals surface area contributed by atoms with Gasteiger partial charge in [-0.15, -0.1) is 11.8 Å². The van der Waals surface area contributed by atoms with Gasteiger partial charge >= 0.3 is 5.97 Å². The molecule has 0 aromatic heterocycles. The van der Waals surface area contributed by atoms with Crippen LogP contribution in [0.4, 0.5) is 0 Å². The largest absolute Gasteiger partial charge is 0.480 e. The van der Waals surface area contributed by atoms with Crippen LogP contribution in [0.1, 0.15) is 10.8 Å². The van der Waals surface area contributed by atoms with E-state index in [9.17, 15) is 14.9 Å². The zero-order chi connectivity index (χ0) is 13.5. The Morgan fingerprint density at radius 2 is 2.06 bits per heavy atom. The fourth-order valence-electron chi connectivity index (χ4n) is 1.35. The first-order valence-corrected chi connectivity index (χ1v) is 6.32. The second-order valence-electron chi connectivity index (χ2n) is 3.69.